The van der Waals surface area contributed by atoms with Gasteiger partial charge in [0.2, 0.25) is 0 Å². The Morgan fingerprint density at radius 2 is 1.86 bits per heavy atom. The van der Waals surface area contributed by atoms with E-state index in [1.807, 2.05) is 0 Å². The number of hydrogen-bond donors (Lipinski definition) is 0. The molecular formula is C10H23BrO2Si. The van der Waals surface area contributed by atoms with E-state index in [-0.39, 0.29) is 0 Å². The SMILES string of the molecule is C[C@@H](CBr)COCOCC[Si](C)(C)C. The molecule has 0 aliphatic carbocycles. The Morgan fingerprint density at radius 3 is 2.36 bits per heavy atom. The molecule has 0 bridgehead atoms. The summed E-state index contributed by atoms with van der Waals surface area (Å²) in [7, 11) is -0.934. The lowest BCUT2D eigenvalue weighted by Gasteiger charge is -2.15. The molecule has 0 unspecified atom stereocenters. The van der Waals surface area contributed by atoms with Crippen molar-refractivity contribution in [3.05, 3.63) is 0 Å². The molecular weight excluding hydrogens is 260 g/mol. The molecule has 0 radical (unpaired) electrons. The second kappa shape index (κ2) is 7.85. The maximum absolute atomic E-state index is 5.40. The lowest BCUT2D eigenvalue weighted by Crippen LogP contribution is -2.22. The van der Waals surface area contributed by atoms with Crippen molar-refractivity contribution in [1.29, 1.82) is 0 Å². The highest BCUT2D eigenvalue weighted by molar-refractivity contribution is 9.09. The average Bonchev–Trinajstić information content (AvgIpc) is 2.08. The zero-order valence-electron chi connectivity index (χ0n) is 9.81. The van der Waals surface area contributed by atoms with E-state index in [4.69, 9.17) is 9.47 Å². The van der Waals surface area contributed by atoms with Crippen LogP contribution in [0.15, 0.2) is 0 Å². The molecule has 0 aromatic rings. The predicted octanol–water partition coefficient (Wildman–Crippen LogP) is 3.35. The van der Waals surface area contributed by atoms with E-state index < -0.39 is 8.07 Å². The minimum atomic E-state index is -0.934. The van der Waals surface area contributed by atoms with Crippen LogP contribution in [0.4, 0.5) is 0 Å². The van der Waals surface area contributed by atoms with Crippen LogP contribution in [0.3, 0.4) is 0 Å². The first-order chi connectivity index (χ1) is 6.45. The molecule has 0 heterocycles. The van der Waals surface area contributed by atoms with Gasteiger partial charge < -0.3 is 9.47 Å². The van der Waals surface area contributed by atoms with Gasteiger partial charge in [-0.2, -0.15) is 0 Å². The van der Waals surface area contributed by atoms with Gasteiger partial charge in [0.05, 0.1) is 6.61 Å². The summed E-state index contributed by atoms with van der Waals surface area (Å²) < 4.78 is 10.8. The Morgan fingerprint density at radius 1 is 1.21 bits per heavy atom. The molecule has 2 nitrogen and oxygen atoms in total. The zero-order valence-corrected chi connectivity index (χ0v) is 12.4. The van der Waals surface area contributed by atoms with Crippen molar-refractivity contribution in [2.75, 3.05) is 25.3 Å². The molecule has 14 heavy (non-hydrogen) atoms. The maximum Gasteiger partial charge on any atom is 0.146 e. The Labute approximate surface area is 97.5 Å². The van der Waals surface area contributed by atoms with Crippen LogP contribution in [0.5, 0.6) is 0 Å². The van der Waals surface area contributed by atoms with Crippen molar-refractivity contribution in [3.63, 3.8) is 0 Å². The third-order valence-corrected chi connectivity index (χ3v) is 4.64. The van der Waals surface area contributed by atoms with E-state index in [0.29, 0.717) is 12.7 Å². The summed E-state index contributed by atoms with van der Waals surface area (Å²) in [6.45, 7) is 11.3. The van der Waals surface area contributed by atoms with Crippen LogP contribution < -0.4 is 0 Å². The quantitative estimate of drug-likeness (QED) is 0.294. The standard InChI is InChI=1S/C10H23BrO2Si/c1-10(7-11)8-13-9-12-5-6-14(2,3)4/h10H,5-9H2,1-4H3/t10-/m0/s1. The van der Waals surface area contributed by atoms with Crippen LogP contribution in [-0.4, -0.2) is 33.4 Å². The third-order valence-electron chi connectivity index (χ3n) is 1.83. The van der Waals surface area contributed by atoms with Crippen LogP contribution in [0.2, 0.25) is 25.7 Å². The third kappa shape index (κ3) is 10.7. The molecule has 1 atom stereocenters. The Balaban J connectivity index is 3.14. The number of halogens is 1. The van der Waals surface area contributed by atoms with Gasteiger partial charge in [0.25, 0.3) is 0 Å². The van der Waals surface area contributed by atoms with E-state index in [1.165, 1.54) is 6.04 Å². The summed E-state index contributed by atoms with van der Waals surface area (Å²) in [6, 6.07) is 1.21. The van der Waals surface area contributed by atoms with Gasteiger partial charge in [0, 0.05) is 20.0 Å². The van der Waals surface area contributed by atoms with E-state index in [9.17, 15) is 0 Å². The number of ether oxygens (including phenoxy) is 2. The highest BCUT2D eigenvalue weighted by atomic mass is 79.9. The molecule has 0 spiro atoms. The summed E-state index contributed by atoms with van der Waals surface area (Å²) in [5, 5.41) is 0.988. The van der Waals surface area contributed by atoms with Gasteiger partial charge in [-0.25, -0.2) is 0 Å². The number of hydrogen-bond acceptors (Lipinski definition) is 2. The van der Waals surface area contributed by atoms with Crippen LogP contribution in [0.1, 0.15) is 6.92 Å². The highest BCUT2D eigenvalue weighted by Gasteiger charge is 2.11. The van der Waals surface area contributed by atoms with Crippen molar-refractivity contribution >= 4 is 24.0 Å². The summed E-state index contributed by atoms with van der Waals surface area (Å²) in [6.07, 6.45) is 0. The van der Waals surface area contributed by atoms with Crippen LogP contribution in [0.25, 0.3) is 0 Å². The van der Waals surface area contributed by atoms with E-state index in [2.05, 4.69) is 42.5 Å². The molecule has 0 amide bonds. The minimum Gasteiger partial charge on any atom is -0.356 e. The number of alkyl halides is 1. The summed E-state index contributed by atoms with van der Waals surface area (Å²) in [5.41, 5.74) is 0. The van der Waals surface area contributed by atoms with E-state index in [1.54, 1.807) is 0 Å². The largest absolute Gasteiger partial charge is 0.356 e. The van der Waals surface area contributed by atoms with Crippen LogP contribution >= 0.6 is 15.9 Å². The smallest absolute Gasteiger partial charge is 0.146 e. The van der Waals surface area contributed by atoms with E-state index in [0.717, 1.165) is 18.5 Å². The van der Waals surface area contributed by atoms with Crippen LogP contribution in [0, 0.1) is 5.92 Å². The molecule has 0 saturated carbocycles. The monoisotopic (exact) mass is 282 g/mol. The van der Waals surface area contributed by atoms with Crippen LogP contribution in [-0.2, 0) is 9.47 Å². The first kappa shape index (κ1) is 14.6. The molecule has 0 rings (SSSR count). The lowest BCUT2D eigenvalue weighted by atomic mass is 10.2. The van der Waals surface area contributed by atoms with Gasteiger partial charge >= 0.3 is 0 Å². The second-order valence-corrected chi connectivity index (χ2v) is 11.2. The predicted molar refractivity (Wildman–Crippen MR) is 67.9 cm³/mol. The van der Waals surface area contributed by atoms with Gasteiger partial charge in [0.15, 0.2) is 0 Å². The molecule has 0 aromatic heterocycles. The Kier molecular flexibility index (Phi) is 8.20. The molecule has 0 N–H and O–H groups in total. The van der Waals surface area contributed by atoms with Gasteiger partial charge in [-0.15, -0.1) is 0 Å². The van der Waals surface area contributed by atoms with Gasteiger partial charge in [0.1, 0.15) is 6.79 Å². The normalized spacial score (nSPS) is 14.4. The summed E-state index contributed by atoms with van der Waals surface area (Å²) in [5.74, 6) is 0.565. The summed E-state index contributed by atoms with van der Waals surface area (Å²) in [4.78, 5) is 0. The lowest BCUT2D eigenvalue weighted by molar-refractivity contribution is -0.0569. The topological polar surface area (TPSA) is 18.5 Å². The van der Waals surface area contributed by atoms with Crippen molar-refractivity contribution in [1.82, 2.24) is 0 Å². The zero-order chi connectivity index (χ0) is 11.0. The molecule has 0 aliphatic heterocycles. The minimum absolute atomic E-state index is 0.446. The fourth-order valence-corrected chi connectivity index (χ4v) is 1.73. The van der Waals surface area contributed by atoms with Crippen molar-refractivity contribution in [2.45, 2.75) is 32.6 Å². The average molecular weight is 283 g/mol. The van der Waals surface area contributed by atoms with Crippen molar-refractivity contribution < 1.29 is 9.47 Å². The van der Waals surface area contributed by atoms with Crippen molar-refractivity contribution in [3.8, 4) is 0 Å². The fourth-order valence-electron chi connectivity index (χ4n) is 0.790. The van der Waals surface area contributed by atoms with Gasteiger partial charge in [-0.3, -0.25) is 0 Å². The van der Waals surface area contributed by atoms with Gasteiger partial charge in [-0.05, 0) is 12.0 Å². The molecule has 0 aromatic carbocycles. The molecule has 4 heteroatoms. The van der Waals surface area contributed by atoms with E-state index >= 15 is 0 Å². The first-order valence-corrected chi connectivity index (χ1v) is 10.00. The molecule has 0 aliphatic rings. The Hall–Kier alpha value is 0.617. The molecule has 0 saturated heterocycles. The second-order valence-electron chi connectivity index (χ2n) is 4.97. The molecule has 86 valence electrons. The Bertz CT molecular complexity index is 137. The number of rotatable bonds is 8. The molecule has 0 fully saturated rings. The fraction of sp³-hybridized carbons (Fsp3) is 1.00. The van der Waals surface area contributed by atoms with Gasteiger partial charge in [-0.1, -0.05) is 42.5 Å². The summed E-state index contributed by atoms with van der Waals surface area (Å²) >= 11 is 3.41. The maximum atomic E-state index is 5.40. The highest BCUT2D eigenvalue weighted by Crippen LogP contribution is 2.07. The van der Waals surface area contributed by atoms with Crippen molar-refractivity contribution in [2.24, 2.45) is 5.92 Å². The first-order valence-electron chi connectivity index (χ1n) is 5.17.